The van der Waals surface area contributed by atoms with Crippen molar-refractivity contribution in [1.82, 2.24) is 24.9 Å². The predicted octanol–water partition coefficient (Wildman–Crippen LogP) is 2.51. The van der Waals surface area contributed by atoms with E-state index in [1.807, 2.05) is 6.20 Å². The summed E-state index contributed by atoms with van der Waals surface area (Å²) in [5.41, 5.74) is 0.912. The lowest BCUT2D eigenvalue weighted by Gasteiger charge is -2.33. The van der Waals surface area contributed by atoms with Gasteiger partial charge in [0.15, 0.2) is 0 Å². The average molecular weight is 371 g/mol. The molecule has 7 nitrogen and oxygen atoms in total. The van der Waals surface area contributed by atoms with Crippen LogP contribution in [-0.4, -0.2) is 70.7 Å². The molecular formula is C20H30N6O. The van der Waals surface area contributed by atoms with Crippen molar-refractivity contribution in [3.63, 3.8) is 0 Å². The molecule has 0 aliphatic carbocycles. The molecular weight excluding hydrogens is 340 g/mol. The minimum absolute atomic E-state index is 0.628. The molecule has 27 heavy (non-hydrogen) atoms. The van der Waals surface area contributed by atoms with Crippen molar-refractivity contribution >= 4 is 5.82 Å². The van der Waals surface area contributed by atoms with Gasteiger partial charge >= 0.3 is 0 Å². The highest BCUT2D eigenvalue weighted by Crippen LogP contribution is 2.23. The molecule has 2 aliphatic heterocycles. The van der Waals surface area contributed by atoms with E-state index in [1.165, 1.54) is 12.8 Å². The van der Waals surface area contributed by atoms with Gasteiger partial charge < -0.3 is 14.3 Å². The van der Waals surface area contributed by atoms with Gasteiger partial charge in [0.25, 0.3) is 0 Å². The second-order valence-corrected chi connectivity index (χ2v) is 7.82. The summed E-state index contributed by atoms with van der Waals surface area (Å²) in [6.07, 6.45) is 4.42. The van der Waals surface area contributed by atoms with E-state index < -0.39 is 0 Å². The molecule has 0 amide bonds. The van der Waals surface area contributed by atoms with E-state index in [2.05, 4.69) is 55.8 Å². The molecule has 0 radical (unpaired) electrons. The molecule has 4 heterocycles. The fourth-order valence-electron chi connectivity index (χ4n) is 3.99. The van der Waals surface area contributed by atoms with E-state index in [4.69, 9.17) is 4.52 Å². The first-order chi connectivity index (χ1) is 13.2. The van der Waals surface area contributed by atoms with Crippen LogP contribution in [0.5, 0.6) is 0 Å². The van der Waals surface area contributed by atoms with Gasteiger partial charge in [-0.1, -0.05) is 19.0 Å². The number of piperazine rings is 1. The quantitative estimate of drug-likeness (QED) is 0.801. The molecule has 2 aliphatic rings. The second kappa shape index (κ2) is 8.35. The van der Waals surface area contributed by atoms with E-state index >= 15 is 0 Å². The zero-order valence-corrected chi connectivity index (χ0v) is 16.5. The summed E-state index contributed by atoms with van der Waals surface area (Å²) in [5, 5.41) is 4.16. The molecule has 2 aromatic heterocycles. The number of likely N-dealkylation sites (N-methyl/N-ethyl adjacent to an activating group) is 1. The van der Waals surface area contributed by atoms with Gasteiger partial charge in [0.05, 0.1) is 6.54 Å². The van der Waals surface area contributed by atoms with Gasteiger partial charge in [-0.05, 0) is 37.4 Å². The first-order valence-electron chi connectivity index (χ1n) is 10.2. The van der Waals surface area contributed by atoms with Crippen molar-refractivity contribution < 1.29 is 4.52 Å². The first-order valence-corrected chi connectivity index (χ1v) is 10.2. The van der Waals surface area contributed by atoms with E-state index in [-0.39, 0.29) is 0 Å². The molecule has 2 fully saturated rings. The Morgan fingerprint density at radius 3 is 2.63 bits per heavy atom. The minimum Gasteiger partial charge on any atom is -0.356 e. The molecule has 2 saturated heterocycles. The van der Waals surface area contributed by atoms with Gasteiger partial charge in [-0.15, -0.1) is 0 Å². The molecule has 7 heteroatoms. The van der Waals surface area contributed by atoms with Crippen molar-refractivity contribution in [2.24, 2.45) is 5.92 Å². The highest BCUT2D eigenvalue weighted by atomic mass is 16.5. The lowest BCUT2D eigenvalue weighted by Crippen LogP contribution is -2.45. The maximum absolute atomic E-state index is 5.48. The normalized spacial score (nSPS) is 22.3. The monoisotopic (exact) mass is 370 g/mol. The van der Waals surface area contributed by atoms with Gasteiger partial charge in [0, 0.05) is 51.0 Å². The summed E-state index contributed by atoms with van der Waals surface area (Å²) in [6.45, 7) is 12.9. The van der Waals surface area contributed by atoms with E-state index in [0.29, 0.717) is 11.7 Å². The van der Waals surface area contributed by atoms with Crippen LogP contribution in [0.1, 0.15) is 32.6 Å². The van der Waals surface area contributed by atoms with Crippen LogP contribution >= 0.6 is 0 Å². The van der Waals surface area contributed by atoms with Crippen LogP contribution in [0, 0.1) is 5.92 Å². The Bertz CT molecular complexity index is 722. The van der Waals surface area contributed by atoms with E-state index in [9.17, 15) is 0 Å². The van der Waals surface area contributed by atoms with Crippen molar-refractivity contribution in [2.75, 3.05) is 50.7 Å². The van der Waals surface area contributed by atoms with Gasteiger partial charge in [-0.2, -0.15) is 4.98 Å². The molecule has 4 rings (SSSR count). The lowest BCUT2D eigenvalue weighted by atomic mass is 10.0. The van der Waals surface area contributed by atoms with Crippen molar-refractivity contribution in [3.8, 4) is 11.4 Å². The van der Waals surface area contributed by atoms with Crippen LogP contribution < -0.4 is 4.90 Å². The summed E-state index contributed by atoms with van der Waals surface area (Å²) in [4.78, 5) is 16.4. The van der Waals surface area contributed by atoms with Crippen LogP contribution in [0.15, 0.2) is 22.9 Å². The summed E-state index contributed by atoms with van der Waals surface area (Å²) in [7, 11) is 0. The fraction of sp³-hybridized carbons (Fsp3) is 0.650. The van der Waals surface area contributed by atoms with Gasteiger partial charge in [-0.25, -0.2) is 4.98 Å². The molecule has 0 bridgehead atoms. The maximum atomic E-state index is 5.48. The average Bonchev–Trinajstić information content (AvgIpc) is 3.17. The van der Waals surface area contributed by atoms with E-state index in [0.717, 1.165) is 69.7 Å². The van der Waals surface area contributed by atoms with Crippen molar-refractivity contribution in [2.45, 2.75) is 33.2 Å². The number of rotatable bonds is 5. The van der Waals surface area contributed by atoms with Gasteiger partial charge in [0.1, 0.15) is 5.82 Å². The third-order valence-corrected chi connectivity index (χ3v) is 5.73. The number of pyridine rings is 1. The van der Waals surface area contributed by atoms with Crippen LogP contribution in [0.3, 0.4) is 0 Å². The summed E-state index contributed by atoms with van der Waals surface area (Å²) < 4.78 is 5.48. The van der Waals surface area contributed by atoms with Crippen molar-refractivity contribution in [1.29, 1.82) is 0 Å². The zero-order valence-electron chi connectivity index (χ0n) is 16.5. The third-order valence-electron chi connectivity index (χ3n) is 5.73. The highest BCUT2D eigenvalue weighted by Gasteiger charge is 2.20. The first kappa shape index (κ1) is 18.4. The molecule has 0 aromatic carbocycles. The Hall–Kier alpha value is -1.99. The predicted molar refractivity (Wildman–Crippen MR) is 106 cm³/mol. The Morgan fingerprint density at radius 2 is 1.93 bits per heavy atom. The number of hydrogen-bond acceptors (Lipinski definition) is 7. The SMILES string of the molecule is CCN1CCN(Cc2nc(-c3ccc(N4CCC[C@@H](C)C4)nc3)no2)CC1. The number of nitrogens with zero attached hydrogens (tertiary/aromatic N) is 6. The third kappa shape index (κ3) is 4.47. The Balaban J connectivity index is 1.37. The molecule has 0 spiro atoms. The Kier molecular flexibility index (Phi) is 5.69. The molecule has 0 N–H and O–H groups in total. The largest absolute Gasteiger partial charge is 0.356 e. The summed E-state index contributed by atoms with van der Waals surface area (Å²) in [6, 6.07) is 4.13. The lowest BCUT2D eigenvalue weighted by molar-refractivity contribution is 0.121. The van der Waals surface area contributed by atoms with Gasteiger partial charge in [0.2, 0.25) is 11.7 Å². The zero-order chi connectivity index (χ0) is 18.6. The summed E-state index contributed by atoms with van der Waals surface area (Å²) in [5.74, 6) is 3.09. The number of aromatic nitrogens is 3. The van der Waals surface area contributed by atoms with Crippen LogP contribution in [0.4, 0.5) is 5.82 Å². The van der Waals surface area contributed by atoms with Crippen LogP contribution in [0.2, 0.25) is 0 Å². The highest BCUT2D eigenvalue weighted by molar-refractivity contribution is 5.55. The molecule has 0 unspecified atom stereocenters. The Labute approximate surface area is 161 Å². The maximum Gasteiger partial charge on any atom is 0.241 e. The minimum atomic E-state index is 0.628. The standard InChI is InChI=1S/C20H30N6O/c1-3-24-9-11-25(12-10-24)15-19-22-20(23-27-19)17-6-7-18(21-13-17)26-8-4-5-16(2)14-26/h6-7,13,16H,3-5,8-12,14-15H2,1-2H3/t16-/m1/s1. The number of anilines is 1. The molecule has 0 saturated carbocycles. The Morgan fingerprint density at radius 1 is 1.11 bits per heavy atom. The van der Waals surface area contributed by atoms with Crippen LogP contribution in [0.25, 0.3) is 11.4 Å². The van der Waals surface area contributed by atoms with Crippen molar-refractivity contribution in [3.05, 3.63) is 24.2 Å². The topological polar surface area (TPSA) is 61.5 Å². The number of piperidine rings is 1. The fourth-order valence-corrected chi connectivity index (χ4v) is 3.99. The molecule has 1 atom stereocenters. The summed E-state index contributed by atoms with van der Waals surface area (Å²) >= 11 is 0. The molecule has 146 valence electrons. The van der Waals surface area contributed by atoms with E-state index in [1.54, 1.807) is 0 Å². The number of hydrogen-bond donors (Lipinski definition) is 0. The second-order valence-electron chi connectivity index (χ2n) is 7.82. The smallest absolute Gasteiger partial charge is 0.241 e. The van der Waals surface area contributed by atoms with Gasteiger partial charge in [-0.3, -0.25) is 4.90 Å². The van der Waals surface area contributed by atoms with Crippen LogP contribution in [-0.2, 0) is 6.54 Å². The molecule has 2 aromatic rings.